The van der Waals surface area contributed by atoms with Crippen LogP contribution in [0.15, 0.2) is 42.5 Å². The van der Waals surface area contributed by atoms with Crippen molar-refractivity contribution < 1.29 is 14.3 Å². The lowest BCUT2D eigenvalue weighted by Gasteiger charge is -2.38. The van der Waals surface area contributed by atoms with E-state index in [1.54, 1.807) is 14.2 Å². The van der Waals surface area contributed by atoms with E-state index in [2.05, 4.69) is 22.3 Å². The van der Waals surface area contributed by atoms with Crippen LogP contribution in [0.25, 0.3) is 0 Å². The molecule has 174 valence electrons. The zero-order valence-electron chi connectivity index (χ0n) is 19.3. The van der Waals surface area contributed by atoms with Crippen molar-refractivity contribution in [3.63, 3.8) is 0 Å². The molecular weight excluding hydrogens is 426 g/mol. The Hall–Kier alpha value is -2.28. The Morgan fingerprint density at radius 1 is 1.16 bits per heavy atom. The number of amides is 2. The number of urea groups is 1. The molecule has 0 spiro atoms. The maximum Gasteiger partial charge on any atom is 0.322 e. The summed E-state index contributed by atoms with van der Waals surface area (Å²) < 4.78 is 10.7. The van der Waals surface area contributed by atoms with E-state index in [1.807, 2.05) is 42.2 Å². The summed E-state index contributed by atoms with van der Waals surface area (Å²) in [7, 11) is 3.28. The van der Waals surface area contributed by atoms with Crippen molar-refractivity contribution >= 4 is 23.3 Å². The Morgan fingerprint density at radius 2 is 1.88 bits per heavy atom. The van der Waals surface area contributed by atoms with E-state index < -0.39 is 0 Å². The van der Waals surface area contributed by atoms with Gasteiger partial charge in [-0.05, 0) is 61.6 Å². The fourth-order valence-corrected chi connectivity index (χ4v) is 4.26. The second-order valence-electron chi connectivity index (χ2n) is 8.27. The van der Waals surface area contributed by atoms with Crippen LogP contribution in [0.1, 0.15) is 24.0 Å². The quantitative estimate of drug-likeness (QED) is 0.582. The Labute approximate surface area is 196 Å². The Morgan fingerprint density at radius 3 is 2.53 bits per heavy atom. The lowest BCUT2D eigenvalue weighted by molar-refractivity contribution is 0.101. The second kappa shape index (κ2) is 12.1. The highest BCUT2D eigenvalue weighted by atomic mass is 35.5. The number of benzene rings is 2. The van der Waals surface area contributed by atoms with Crippen LogP contribution >= 0.6 is 11.6 Å². The summed E-state index contributed by atoms with van der Waals surface area (Å²) in [6.45, 7) is 6.03. The lowest BCUT2D eigenvalue weighted by atomic mass is 10.0. The molecule has 0 aliphatic carbocycles. The van der Waals surface area contributed by atoms with Crippen LogP contribution in [0.3, 0.4) is 0 Å². The Kier molecular flexibility index (Phi) is 9.21. The molecule has 7 heteroatoms. The van der Waals surface area contributed by atoms with Crippen LogP contribution in [0.2, 0.25) is 5.02 Å². The number of carbonyl (C=O) groups excluding carboxylic acids is 1. The minimum atomic E-state index is -0.106. The molecule has 6 nitrogen and oxygen atoms in total. The van der Waals surface area contributed by atoms with Gasteiger partial charge in [-0.15, -0.1) is 0 Å². The molecule has 0 radical (unpaired) electrons. The van der Waals surface area contributed by atoms with E-state index in [0.717, 1.165) is 49.5 Å². The summed E-state index contributed by atoms with van der Waals surface area (Å²) in [4.78, 5) is 17.6. The SMILES string of the molecule is COCCN(C(=O)Nc1cc(C)ccc1OC)C1CCN(CCc2ccc(Cl)cc2)CC1. The van der Waals surface area contributed by atoms with Crippen molar-refractivity contribution in [3.8, 4) is 5.75 Å². The summed E-state index contributed by atoms with van der Waals surface area (Å²) in [6.07, 6.45) is 2.90. The lowest BCUT2D eigenvalue weighted by Crippen LogP contribution is -2.50. The first-order chi connectivity index (χ1) is 15.5. The predicted molar refractivity (Wildman–Crippen MR) is 130 cm³/mol. The van der Waals surface area contributed by atoms with Crippen LogP contribution in [0, 0.1) is 6.92 Å². The molecule has 2 aromatic rings. The standard InChI is InChI=1S/C25H34ClN3O3/c1-19-4-9-24(32-3)23(18-19)27-25(30)29(16-17-31-2)22-11-14-28(15-12-22)13-10-20-5-7-21(26)8-6-20/h4-9,18,22H,10-17H2,1-3H3,(H,27,30). The largest absolute Gasteiger partial charge is 0.495 e. The van der Waals surface area contributed by atoms with Gasteiger partial charge in [0, 0.05) is 44.4 Å². The van der Waals surface area contributed by atoms with E-state index in [0.29, 0.717) is 24.6 Å². The first-order valence-electron chi connectivity index (χ1n) is 11.2. The van der Waals surface area contributed by atoms with E-state index in [4.69, 9.17) is 21.1 Å². The highest BCUT2D eigenvalue weighted by Crippen LogP contribution is 2.26. The Balaban J connectivity index is 1.57. The fourth-order valence-electron chi connectivity index (χ4n) is 4.14. The first-order valence-corrected chi connectivity index (χ1v) is 11.6. The summed E-state index contributed by atoms with van der Waals surface area (Å²) in [6, 6.07) is 13.9. The molecule has 1 heterocycles. The average Bonchev–Trinajstić information content (AvgIpc) is 2.80. The van der Waals surface area contributed by atoms with Crippen LogP contribution in [-0.2, 0) is 11.2 Å². The molecule has 32 heavy (non-hydrogen) atoms. The summed E-state index contributed by atoms with van der Waals surface area (Å²) in [5.74, 6) is 0.660. The van der Waals surface area contributed by atoms with E-state index >= 15 is 0 Å². The van der Waals surface area contributed by atoms with E-state index in [9.17, 15) is 4.79 Å². The molecule has 0 unspecified atom stereocenters. The molecular formula is C25H34ClN3O3. The van der Waals surface area contributed by atoms with Crippen molar-refractivity contribution in [2.45, 2.75) is 32.2 Å². The number of likely N-dealkylation sites (tertiary alicyclic amines) is 1. The van der Waals surface area contributed by atoms with E-state index in [1.165, 1.54) is 5.56 Å². The number of aryl methyl sites for hydroxylation is 1. The third-order valence-electron chi connectivity index (χ3n) is 6.02. The number of rotatable bonds is 9. The zero-order chi connectivity index (χ0) is 22.9. The molecule has 0 atom stereocenters. The third kappa shape index (κ3) is 6.86. The molecule has 0 aromatic heterocycles. The minimum absolute atomic E-state index is 0.106. The average molecular weight is 460 g/mol. The van der Waals surface area contributed by atoms with Crippen molar-refractivity contribution in [1.82, 2.24) is 9.80 Å². The van der Waals surface area contributed by atoms with Crippen molar-refractivity contribution in [1.29, 1.82) is 0 Å². The van der Waals surface area contributed by atoms with Gasteiger partial charge in [0.1, 0.15) is 5.75 Å². The number of carbonyl (C=O) groups is 1. The van der Waals surface area contributed by atoms with Crippen LogP contribution in [0.4, 0.5) is 10.5 Å². The van der Waals surface area contributed by atoms with Gasteiger partial charge in [-0.25, -0.2) is 4.79 Å². The van der Waals surface area contributed by atoms with Crippen LogP contribution in [-0.4, -0.2) is 68.9 Å². The number of piperidine rings is 1. The monoisotopic (exact) mass is 459 g/mol. The van der Waals surface area contributed by atoms with Crippen LogP contribution in [0.5, 0.6) is 5.75 Å². The normalized spacial score (nSPS) is 14.9. The van der Waals surface area contributed by atoms with Crippen molar-refractivity contribution in [2.75, 3.05) is 52.3 Å². The molecule has 1 fully saturated rings. The topological polar surface area (TPSA) is 54.0 Å². The van der Waals surface area contributed by atoms with Gasteiger partial charge < -0.3 is 24.6 Å². The number of hydrogen-bond donors (Lipinski definition) is 1. The molecule has 3 rings (SSSR count). The number of nitrogens with zero attached hydrogens (tertiary/aromatic N) is 2. The fraction of sp³-hybridized carbons (Fsp3) is 0.480. The van der Waals surface area contributed by atoms with Gasteiger partial charge in [0.05, 0.1) is 19.4 Å². The second-order valence-corrected chi connectivity index (χ2v) is 8.71. The predicted octanol–water partition coefficient (Wildman–Crippen LogP) is 4.84. The van der Waals surface area contributed by atoms with Gasteiger partial charge in [-0.3, -0.25) is 0 Å². The number of methoxy groups -OCH3 is 2. The molecule has 1 saturated heterocycles. The number of nitrogens with one attached hydrogen (secondary N) is 1. The van der Waals surface area contributed by atoms with Gasteiger partial charge in [-0.1, -0.05) is 29.8 Å². The summed E-state index contributed by atoms with van der Waals surface area (Å²) in [5.41, 5.74) is 3.06. The molecule has 1 N–H and O–H groups in total. The molecule has 1 aliphatic heterocycles. The highest BCUT2D eigenvalue weighted by molar-refractivity contribution is 6.30. The highest BCUT2D eigenvalue weighted by Gasteiger charge is 2.28. The first kappa shape index (κ1) is 24.4. The number of anilines is 1. The van der Waals surface area contributed by atoms with Gasteiger partial charge >= 0.3 is 6.03 Å². The summed E-state index contributed by atoms with van der Waals surface area (Å²) >= 11 is 5.98. The van der Waals surface area contributed by atoms with E-state index in [-0.39, 0.29) is 12.1 Å². The molecule has 2 amide bonds. The number of halogens is 1. The smallest absolute Gasteiger partial charge is 0.322 e. The van der Waals surface area contributed by atoms with Gasteiger partial charge in [0.25, 0.3) is 0 Å². The zero-order valence-corrected chi connectivity index (χ0v) is 20.0. The summed E-state index contributed by atoms with van der Waals surface area (Å²) in [5, 5.41) is 3.82. The van der Waals surface area contributed by atoms with Crippen molar-refractivity contribution in [2.24, 2.45) is 0 Å². The number of ether oxygens (including phenoxy) is 2. The molecule has 0 bridgehead atoms. The molecule has 1 aliphatic rings. The van der Waals surface area contributed by atoms with Gasteiger partial charge in [0.2, 0.25) is 0 Å². The molecule has 2 aromatic carbocycles. The Bertz CT molecular complexity index is 867. The maximum absolute atomic E-state index is 13.2. The van der Waals surface area contributed by atoms with Gasteiger partial charge in [-0.2, -0.15) is 0 Å². The van der Waals surface area contributed by atoms with Gasteiger partial charge in [0.15, 0.2) is 0 Å². The molecule has 0 saturated carbocycles. The van der Waals surface area contributed by atoms with Crippen molar-refractivity contribution in [3.05, 3.63) is 58.6 Å². The maximum atomic E-state index is 13.2. The van der Waals surface area contributed by atoms with Crippen LogP contribution < -0.4 is 10.1 Å². The minimum Gasteiger partial charge on any atom is -0.495 e. The third-order valence-corrected chi connectivity index (χ3v) is 6.27. The number of hydrogen-bond acceptors (Lipinski definition) is 4.